The number of nitrogens with one attached hydrogen (secondary N) is 1. The van der Waals surface area contributed by atoms with Gasteiger partial charge in [-0.15, -0.1) is 12.6 Å². The normalized spacial score (nSPS) is 21.9. The van der Waals surface area contributed by atoms with E-state index < -0.39 is 17.8 Å². The Bertz CT molecular complexity index is 527. The topological polar surface area (TPSA) is 66.4 Å². The van der Waals surface area contributed by atoms with Crippen LogP contribution in [0.4, 0.5) is 5.69 Å². The highest BCUT2D eigenvalue weighted by molar-refractivity contribution is 7.80. The van der Waals surface area contributed by atoms with Crippen LogP contribution in [0.1, 0.15) is 12.8 Å². The molecule has 19 heavy (non-hydrogen) atoms. The minimum Gasteiger partial charge on any atom is -0.481 e. The molecule has 2 atom stereocenters. The Morgan fingerprint density at radius 3 is 2.42 bits per heavy atom. The SMILES string of the molecule is O=C(Nc1ccccc1S)[C@H]1CC=CC[C@H]1C(=O)O. The number of anilines is 1. The number of para-hydroxylation sites is 1. The van der Waals surface area contributed by atoms with E-state index in [0.717, 1.165) is 0 Å². The Balaban J connectivity index is 2.13. The third-order valence-corrected chi connectivity index (χ3v) is 3.64. The Labute approximate surface area is 116 Å². The lowest BCUT2D eigenvalue weighted by molar-refractivity contribution is -0.146. The zero-order valence-electron chi connectivity index (χ0n) is 10.2. The molecule has 0 radical (unpaired) electrons. The number of allylic oxidation sites excluding steroid dienone is 2. The van der Waals surface area contributed by atoms with Crippen LogP contribution < -0.4 is 5.32 Å². The molecule has 0 saturated heterocycles. The van der Waals surface area contributed by atoms with Gasteiger partial charge in [0.2, 0.25) is 5.91 Å². The van der Waals surface area contributed by atoms with Gasteiger partial charge in [0.05, 0.1) is 17.5 Å². The molecule has 5 heteroatoms. The molecule has 4 nitrogen and oxygen atoms in total. The first-order valence-corrected chi connectivity index (χ1v) is 6.51. The first-order valence-electron chi connectivity index (χ1n) is 6.06. The van der Waals surface area contributed by atoms with Gasteiger partial charge in [0.15, 0.2) is 0 Å². The maximum atomic E-state index is 12.2. The van der Waals surface area contributed by atoms with E-state index in [1.54, 1.807) is 18.2 Å². The molecular weight excluding hydrogens is 262 g/mol. The first kappa shape index (κ1) is 13.7. The molecule has 0 aliphatic heterocycles. The quantitative estimate of drug-likeness (QED) is 0.587. The van der Waals surface area contributed by atoms with E-state index >= 15 is 0 Å². The fourth-order valence-electron chi connectivity index (χ4n) is 2.18. The summed E-state index contributed by atoms with van der Waals surface area (Å²) in [5.41, 5.74) is 0.606. The molecule has 0 saturated carbocycles. The average molecular weight is 277 g/mol. The molecule has 0 unspecified atom stereocenters. The third kappa shape index (κ3) is 3.17. The standard InChI is InChI=1S/C14H15NO3S/c16-13(15-11-7-3-4-8-12(11)19)9-5-1-2-6-10(9)14(17)18/h1-4,7-10,19H,5-6H2,(H,15,16)(H,17,18)/t9-,10+/m0/s1. The Kier molecular flexibility index (Phi) is 4.27. The van der Waals surface area contributed by atoms with E-state index in [0.29, 0.717) is 23.4 Å². The molecule has 1 aromatic rings. The summed E-state index contributed by atoms with van der Waals surface area (Å²) in [7, 11) is 0. The second kappa shape index (κ2) is 5.93. The zero-order valence-corrected chi connectivity index (χ0v) is 11.1. The van der Waals surface area contributed by atoms with Gasteiger partial charge in [-0.2, -0.15) is 0 Å². The van der Waals surface area contributed by atoms with Crippen molar-refractivity contribution in [2.24, 2.45) is 11.8 Å². The van der Waals surface area contributed by atoms with Crippen molar-refractivity contribution in [3.8, 4) is 0 Å². The van der Waals surface area contributed by atoms with E-state index in [-0.39, 0.29) is 5.91 Å². The molecule has 0 aromatic heterocycles. The smallest absolute Gasteiger partial charge is 0.307 e. The Hall–Kier alpha value is -1.75. The lowest BCUT2D eigenvalue weighted by atomic mass is 9.82. The van der Waals surface area contributed by atoms with Gasteiger partial charge in [0.25, 0.3) is 0 Å². The van der Waals surface area contributed by atoms with Crippen molar-refractivity contribution >= 4 is 30.2 Å². The number of aliphatic carboxylic acids is 1. The summed E-state index contributed by atoms with van der Waals surface area (Å²) in [5.74, 6) is -2.38. The van der Waals surface area contributed by atoms with Crippen molar-refractivity contribution in [3.05, 3.63) is 36.4 Å². The molecule has 0 fully saturated rings. The molecule has 100 valence electrons. The van der Waals surface area contributed by atoms with E-state index in [1.807, 2.05) is 18.2 Å². The molecule has 1 aliphatic carbocycles. The molecule has 0 heterocycles. The number of hydrogen-bond donors (Lipinski definition) is 3. The maximum Gasteiger partial charge on any atom is 0.307 e. The molecule has 1 amide bonds. The van der Waals surface area contributed by atoms with Gasteiger partial charge in [0, 0.05) is 4.90 Å². The van der Waals surface area contributed by atoms with Crippen LogP contribution in [-0.2, 0) is 9.59 Å². The van der Waals surface area contributed by atoms with E-state index in [9.17, 15) is 9.59 Å². The number of thiol groups is 1. The summed E-state index contributed by atoms with van der Waals surface area (Å²) < 4.78 is 0. The Morgan fingerprint density at radius 2 is 1.79 bits per heavy atom. The average Bonchev–Trinajstić information content (AvgIpc) is 2.41. The van der Waals surface area contributed by atoms with Crippen molar-refractivity contribution in [1.29, 1.82) is 0 Å². The minimum absolute atomic E-state index is 0.266. The molecule has 1 aliphatic rings. The highest BCUT2D eigenvalue weighted by Crippen LogP contribution is 2.28. The highest BCUT2D eigenvalue weighted by Gasteiger charge is 2.34. The van der Waals surface area contributed by atoms with E-state index in [2.05, 4.69) is 17.9 Å². The van der Waals surface area contributed by atoms with Crippen LogP contribution in [0.25, 0.3) is 0 Å². The molecule has 0 spiro atoms. The lowest BCUT2D eigenvalue weighted by Crippen LogP contribution is -2.34. The van der Waals surface area contributed by atoms with Gasteiger partial charge in [-0.05, 0) is 25.0 Å². The molecule has 1 aromatic carbocycles. The summed E-state index contributed by atoms with van der Waals surface area (Å²) in [6.07, 6.45) is 4.53. The van der Waals surface area contributed by atoms with Gasteiger partial charge in [-0.25, -0.2) is 0 Å². The number of carbonyl (C=O) groups excluding carboxylic acids is 1. The number of rotatable bonds is 3. The van der Waals surface area contributed by atoms with Crippen LogP contribution in [0.5, 0.6) is 0 Å². The van der Waals surface area contributed by atoms with Gasteiger partial charge in [-0.3, -0.25) is 9.59 Å². The fourth-order valence-corrected chi connectivity index (χ4v) is 2.40. The van der Waals surface area contributed by atoms with Crippen molar-refractivity contribution in [2.45, 2.75) is 17.7 Å². The fraction of sp³-hybridized carbons (Fsp3) is 0.286. The zero-order chi connectivity index (χ0) is 13.8. The minimum atomic E-state index is -0.927. The summed E-state index contributed by atoms with van der Waals surface area (Å²) in [6, 6.07) is 7.13. The predicted molar refractivity (Wildman–Crippen MR) is 75.3 cm³/mol. The number of carbonyl (C=O) groups is 2. The van der Waals surface area contributed by atoms with Gasteiger partial charge in [-0.1, -0.05) is 24.3 Å². The summed E-state index contributed by atoms with van der Waals surface area (Å²) >= 11 is 4.25. The van der Waals surface area contributed by atoms with E-state index in [4.69, 9.17) is 5.11 Å². The van der Waals surface area contributed by atoms with Crippen molar-refractivity contribution in [2.75, 3.05) is 5.32 Å². The number of carboxylic acid groups (broad SMARTS) is 1. The first-order chi connectivity index (χ1) is 9.09. The monoisotopic (exact) mass is 277 g/mol. The van der Waals surface area contributed by atoms with Crippen LogP contribution in [0, 0.1) is 11.8 Å². The number of amides is 1. The van der Waals surface area contributed by atoms with Crippen LogP contribution in [0.3, 0.4) is 0 Å². The number of hydrogen-bond acceptors (Lipinski definition) is 3. The molecular formula is C14H15NO3S. The third-order valence-electron chi connectivity index (χ3n) is 3.25. The van der Waals surface area contributed by atoms with Gasteiger partial charge >= 0.3 is 5.97 Å². The number of carboxylic acids is 1. The van der Waals surface area contributed by atoms with Crippen molar-refractivity contribution in [3.63, 3.8) is 0 Å². The van der Waals surface area contributed by atoms with Gasteiger partial charge < -0.3 is 10.4 Å². The van der Waals surface area contributed by atoms with Gasteiger partial charge in [0.1, 0.15) is 0 Å². The summed E-state index contributed by atoms with van der Waals surface area (Å²) in [6.45, 7) is 0. The second-order valence-electron chi connectivity index (χ2n) is 4.50. The molecule has 2 rings (SSSR count). The maximum absolute atomic E-state index is 12.2. The van der Waals surface area contributed by atoms with Crippen LogP contribution in [0.15, 0.2) is 41.3 Å². The number of benzene rings is 1. The summed E-state index contributed by atoms with van der Waals surface area (Å²) in [5, 5.41) is 11.9. The molecule has 2 N–H and O–H groups in total. The second-order valence-corrected chi connectivity index (χ2v) is 4.98. The van der Waals surface area contributed by atoms with Crippen LogP contribution >= 0.6 is 12.6 Å². The molecule has 0 bridgehead atoms. The lowest BCUT2D eigenvalue weighted by Gasteiger charge is -2.24. The van der Waals surface area contributed by atoms with E-state index in [1.165, 1.54) is 0 Å². The summed E-state index contributed by atoms with van der Waals surface area (Å²) in [4.78, 5) is 24.0. The van der Waals surface area contributed by atoms with Crippen LogP contribution in [0.2, 0.25) is 0 Å². The highest BCUT2D eigenvalue weighted by atomic mass is 32.1. The predicted octanol–water partition coefficient (Wildman–Crippen LogP) is 2.58. The van der Waals surface area contributed by atoms with Crippen molar-refractivity contribution < 1.29 is 14.7 Å². The Morgan fingerprint density at radius 1 is 1.16 bits per heavy atom. The largest absolute Gasteiger partial charge is 0.481 e. The van der Waals surface area contributed by atoms with Crippen LogP contribution in [-0.4, -0.2) is 17.0 Å². The van der Waals surface area contributed by atoms with Crippen molar-refractivity contribution in [1.82, 2.24) is 0 Å².